The van der Waals surface area contributed by atoms with Gasteiger partial charge in [-0.05, 0) is 74.0 Å². The maximum atomic E-state index is 14.0. The number of ether oxygens (including phenoxy) is 2. The first-order chi connectivity index (χ1) is 15.6. The van der Waals surface area contributed by atoms with Gasteiger partial charge in [0.1, 0.15) is 17.9 Å². The van der Waals surface area contributed by atoms with Gasteiger partial charge in [0.25, 0.3) is 5.56 Å². The molecule has 178 valence electrons. The minimum atomic E-state index is -0.420. The Balaban J connectivity index is 0.000000569. The Kier molecular flexibility index (Phi) is 8.94. The molecule has 2 aromatic carbocycles. The average molecular weight is 456 g/mol. The van der Waals surface area contributed by atoms with Crippen molar-refractivity contribution in [1.82, 2.24) is 4.57 Å². The standard InChI is InChI=1S/C22H22FNO3.C5H12O/c1-4-5-14-12-15(6-9-20(14)27-3)21-18-13-16(23)7-8-17(18)22(26)24(2)19(21)10-11-25;1-5(2,3)6-4/h6-9,11-13H,4-5,10H2,1-3H3;1-4H3. The minimum absolute atomic E-state index is 0.0417. The Bertz CT molecular complexity index is 1180. The molecule has 0 unspecified atom stereocenters. The number of aldehydes is 1. The van der Waals surface area contributed by atoms with E-state index >= 15 is 0 Å². The van der Waals surface area contributed by atoms with Crippen LogP contribution in [-0.4, -0.2) is 30.7 Å². The summed E-state index contributed by atoms with van der Waals surface area (Å²) in [6.45, 7) is 8.15. The van der Waals surface area contributed by atoms with Gasteiger partial charge in [-0.15, -0.1) is 0 Å². The minimum Gasteiger partial charge on any atom is -0.496 e. The van der Waals surface area contributed by atoms with Crippen molar-refractivity contribution in [2.75, 3.05) is 14.2 Å². The number of rotatable bonds is 6. The van der Waals surface area contributed by atoms with E-state index in [4.69, 9.17) is 9.47 Å². The van der Waals surface area contributed by atoms with Crippen molar-refractivity contribution in [2.24, 2.45) is 7.05 Å². The molecule has 3 aromatic rings. The van der Waals surface area contributed by atoms with E-state index in [-0.39, 0.29) is 17.6 Å². The molecule has 0 aliphatic carbocycles. The van der Waals surface area contributed by atoms with Gasteiger partial charge < -0.3 is 18.8 Å². The summed E-state index contributed by atoms with van der Waals surface area (Å²) in [6.07, 6.45) is 2.62. The zero-order valence-electron chi connectivity index (χ0n) is 20.6. The van der Waals surface area contributed by atoms with Gasteiger partial charge in [-0.2, -0.15) is 0 Å². The number of nitrogens with zero attached hydrogens (tertiary/aromatic N) is 1. The summed E-state index contributed by atoms with van der Waals surface area (Å²) in [5, 5.41) is 0.943. The average Bonchev–Trinajstić information content (AvgIpc) is 2.77. The van der Waals surface area contributed by atoms with Crippen molar-refractivity contribution in [1.29, 1.82) is 0 Å². The van der Waals surface area contributed by atoms with Gasteiger partial charge in [-0.3, -0.25) is 4.79 Å². The first-order valence-electron chi connectivity index (χ1n) is 11.0. The van der Waals surface area contributed by atoms with E-state index in [2.05, 4.69) is 6.92 Å². The van der Waals surface area contributed by atoms with E-state index in [1.54, 1.807) is 21.3 Å². The molecule has 0 N–H and O–H groups in total. The number of aryl methyl sites for hydroxylation is 1. The van der Waals surface area contributed by atoms with Crippen molar-refractivity contribution >= 4 is 17.1 Å². The number of methoxy groups -OCH3 is 2. The maximum absolute atomic E-state index is 14.0. The highest BCUT2D eigenvalue weighted by Gasteiger charge is 2.18. The normalized spacial score (nSPS) is 11.2. The molecule has 3 rings (SSSR count). The fourth-order valence-corrected chi connectivity index (χ4v) is 3.58. The van der Waals surface area contributed by atoms with Crippen LogP contribution in [0.1, 0.15) is 45.4 Å². The van der Waals surface area contributed by atoms with E-state index in [1.165, 1.54) is 22.8 Å². The van der Waals surface area contributed by atoms with Crippen LogP contribution in [0, 0.1) is 5.82 Å². The zero-order chi connectivity index (χ0) is 24.8. The number of benzene rings is 2. The van der Waals surface area contributed by atoms with Gasteiger partial charge in [0, 0.05) is 37.2 Å². The first kappa shape index (κ1) is 26.3. The lowest BCUT2D eigenvalue weighted by molar-refractivity contribution is -0.107. The molecule has 0 amide bonds. The van der Waals surface area contributed by atoms with Crippen LogP contribution < -0.4 is 10.3 Å². The molecule has 0 aliphatic rings. The maximum Gasteiger partial charge on any atom is 0.258 e. The van der Waals surface area contributed by atoms with E-state index in [9.17, 15) is 14.0 Å². The van der Waals surface area contributed by atoms with Crippen LogP contribution in [-0.2, 0) is 29.4 Å². The molecule has 0 radical (unpaired) electrons. The largest absolute Gasteiger partial charge is 0.496 e. The van der Waals surface area contributed by atoms with Gasteiger partial charge in [0.2, 0.25) is 0 Å². The molecule has 0 fully saturated rings. The number of carbonyl (C=O) groups is 1. The van der Waals surface area contributed by atoms with Crippen molar-refractivity contribution in [3.05, 3.63) is 63.8 Å². The molecule has 0 bridgehead atoms. The number of hydrogen-bond donors (Lipinski definition) is 0. The Hall–Kier alpha value is -2.99. The van der Waals surface area contributed by atoms with Crippen LogP contribution in [0.3, 0.4) is 0 Å². The highest BCUT2D eigenvalue weighted by atomic mass is 19.1. The molecule has 0 atom stereocenters. The van der Waals surface area contributed by atoms with Gasteiger partial charge >= 0.3 is 0 Å². The summed E-state index contributed by atoms with van der Waals surface area (Å²) in [4.78, 5) is 24.0. The second kappa shape index (κ2) is 11.2. The van der Waals surface area contributed by atoms with Crippen molar-refractivity contribution in [3.8, 4) is 16.9 Å². The monoisotopic (exact) mass is 455 g/mol. The van der Waals surface area contributed by atoms with Gasteiger partial charge in [-0.1, -0.05) is 19.4 Å². The molecule has 33 heavy (non-hydrogen) atoms. The highest BCUT2D eigenvalue weighted by Crippen LogP contribution is 2.34. The van der Waals surface area contributed by atoms with Crippen LogP contribution in [0.2, 0.25) is 0 Å². The molecule has 0 spiro atoms. The highest BCUT2D eigenvalue weighted by molar-refractivity contribution is 5.98. The number of carbonyl (C=O) groups excluding carboxylic acids is 1. The third kappa shape index (κ3) is 6.29. The van der Waals surface area contributed by atoms with Crippen LogP contribution in [0.5, 0.6) is 5.75 Å². The molecule has 0 saturated carbocycles. The number of pyridine rings is 1. The number of aromatic nitrogens is 1. The Morgan fingerprint density at radius 1 is 1.06 bits per heavy atom. The Morgan fingerprint density at radius 3 is 2.27 bits per heavy atom. The summed E-state index contributed by atoms with van der Waals surface area (Å²) >= 11 is 0. The van der Waals surface area contributed by atoms with Gasteiger partial charge in [-0.25, -0.2) is 4.39 Å². The lowest BCUT2D eigenvalue weighted by Gasteiger charge is -2.18. The zero-order valence-corrected chi connectivity index (χ0v) is 20.6. The molecule has 6 heteroatoms. The molecule has 0 saturated heterocycles. The lowest BCUT2D eigenvalue weighted by Crippen LogP contribution is -2.22. The smallest absolute Gasteiger partial charge is 0.258 e. The number of halogens is 1. The predicted octanol–water partition coefficient (Wildman–Crippen LogP) is 5.48. The first-order valence-corrected chi connectivity index (χ1v) is 11.0. The summed E-state index contributed by atoms with van der Waals surface area (Å²) < 4.78 is 25.9. The van der Waals surface area contributed by atoms with Crippen LogP contribution in [0.15, 0.2) is 41.2 Å². The lowest BCUT2D eigenvalue weighted by atomic mass is 9.93. The van der Waals surface area contributed by atoms with E-state index in [0.29, 0.717) is 22.0 Å². The summed E-state index contributed by atoms with van der Waals surface area (Å²) in [5.41, 5.74) is 2.95. The molecule has 1 aromatic heterocycles. The quantitative estimate of drug-likeness (QED) is 0.462. The van der Waals surface area contributed by atoms with E-state index in [1.807, 2.05) is 39.0 Å². The second-order valence-corrected chi connectivity index (χ2v) is 8.84. The van der Waals surface area contributed by atoms with Crippen molar-refractivity contribution in [2.45, 2.75) is 52.6 Å². The Morgan fingerprint density at radius 2 is 1.73 bits per heavy atom. The summed E-state index contributed by atoms with van der Waals surface area (Å²) in [7, 11) is 4.98. The van der Waals surface area contributed by atoms with Crippen LogP contribution in [0.4, 0.5) is 4.39 Å². The van der Waals surface area contributed by atoms with Gasteiger partial charge in [0.05, 0.1) is 12.7 Å². The van der Waals surface area contributed by atoms with E-state index in [0.717, 1.165) is 36.0 Å². The second-order valence-electron chi connectivity index (χ2n) is 8.84. The Labute approximate surface area is 195 Å². The summed E-state index contributed by atoms with van der Waals surface area (Å²) in [5.74, 6) is 0.370. The number of fused-ring (bicyclic) bond motifs is 1. The molecular formula is C27H34FNO4. The third-order valence-corrected chi connectivity index (χ3v) is 5.46. The van der Waals surface area contributed by atoms with Crippen molar-refractivity contribution in [3.63, 3.8) is 0 Å². The predicted molar refractivity (Wildman–Crippen MR) is 132 cm³/mol. The van der Waals surface area contributed by atoms with Crippen molar-refractivity contribution < 1.29 is 18.7 Å². The fraction of sp³-hybridized carbons (Fsp3) is 0.407. The molecule has 1 heterocycles. The summed E-state index contributed by atoms with van der Waals surface area (Å²) in [6, 6.07) is 9.91. The van der Waals surface area contributed by atoms with Crippen LogP contribution in [0.25, 0.3) is 21.9 Å². The molecule has 0 aliphatic heterocycles. The third-order valence-electron chi connectivity index (χ3n) is 5.46. The molecular weight excluding hydrogens is 421 g/mol. The van der Waals surface area contributed by atoms with Gasteiger partial charge in [0.15, 0.2) is 0 Å². The van der Waals surface area contributed by atoms with Crippen LogP contribution >= 0.6 is 0 Å². The SMILES string of the molecule is CCCc1cc(-c2c(CC=O)n(C)c(=O)c3ccc(F)cc23)ccc1OC.COC(C)(C)C. The molecule has 5 nitrogen and oxygen atoms in total. The van der Waals surface area contributed by atoms with E-state index < -0.39 is 5.82 Å². The fourth-order valence-electron chi connectivity index (χ4n) is 3.58. The topological polar surface area (TPSA) is 57.5 Å². The number of hydrogen-bond acceptors (Lipinski definition) is 4.